The van der Waals surface area contributed by atoms with E-state index < -0.39 is 0 Å². The van der Waals surface area contributed by atoms with E-state index in [0.29, 0.717) is 12.1 Å². The number of nitrogens with one attached hydrogen (secondary N) is 1. The average Bonchev–Trinajstić information content (AvgIpc) is 3.16. The summed E-state index contributed by atoms with van der Waals surface area (Å²) in [4.78, 5) is 28.9. The first kappa shape index (κ1) is 16.8. The fraction of sp³-hybridized carbons (Fsp3) is 0.579. The Morgan fingerprint density at radius 2 is 1.67 bits per heavy atom. The lowest BCUT2D eigenvalue weighted by molar-refractivity contribution is -0.115. The topological polar surface area (TPSA) is 52.7 Å². The van der Waals surface area contributed by atoms with E-state index in [4.69, 9.17) is 0 Å². The van der Waals surface area contributed by atoms with Crippen molar-refractivity contribution in [3.05, 3.63) is 23.8 Å². The largest absolute Gasteiger partial charge is 0.371 e. The lowest BCUT2D eigenvalue weighted by Gasteiger charge is -2.31. The molecule has 0 saturated carbocycles. The van der Waals surface area contributed by atoms with E-state index in [0.717, 1.165) is 50.3 Å². The molecule has 1 aromatic rings. The van der Waals surface area contributed by atoms with Gasteiger partial charge in [0.2, 0.25) is 5.91 Å². The molecule has 1 N–H and O–H groups in total. The first-order valence-electron chi connectivity index (χ1n) is 9.17. The number of hydrogen-bond acceptors (Lipinski definition) is 3. The van der Waals surface area contributed by atoms with Crippen LogP contribution in [0.15, 0.2) is 18.2 Å². The van der Waals surface area contributed by atoms with Crippen molar-refractivity contribution in [1.29, 1.82) is 0 Å². The van der Waals surface area contributed by atoms with E-state index in [2.05, 4.69) is 10.2 Å². The second-order valence-electron chi connectivity index (χ2n) is 6.68. The Kier molecular flexibility index (Phi) is 5.38. The SMILES string of the molecule is CCC(=O)Nc1ccc(N2CCCCC2)c(C(=O)N2CCCC2)c1. The second kappa shape index (κ2) is 7.69. The van der Waals surface area contributed by atoms with Crippen LogP contribution in [0, 0.1) is 0 Å². The number of amides is 2. The predicted molar refractivity (Wildman–Crippen MR) is 96.6 cm³/mol. The van der Waals surface area contributed by atoms with Crippen LogP contribution in [0.4, 0.5) is 11.4 Å². The Bertz CT molecular complexity index is 603. The van der Waals surface area contributed by atoms with Gasteiger partial charge in [0.1, 0.15) is 0 Å². The zero-order chi connectivity index (χ0) is 16.9. The Morgan fingerprint density at radius 3 is 2.33 bits per heavy atom. The van der Waals surface area contributed by atoms with E-state index in [1.54, 1.807) is 0 Å². The number of carbonyl (C=O) groups is 2. The van der Waals surface area contributed by atoms with Crippen LogP contribution in [-0.4, -0.2) is 42.9 Å². The van der Waals surface area contributed by atoms with Gasteiger partial charge < -0.3 is 15.1 Å². The van der Waals surface area contributed by atoms with Crippen molar-refractivity contribution in [2.24, 2.45) is 0 Å². The minimum absolute atomic E-state index is 0.0275. The normalized spacial score (nSPS) is 17.9. The van der Waals surface area contributed by atoms with Crippen molar-refractivity contribution in [1.82, 2.24) is 4.90 Å². The molecule has 0 radical (unpaired) electrons. The van der Waals surface area contributed by atoms with Crippen molar-refractivity contribution < 1.29 is 9.59 Å². The summed E-state index contributed by atoms with van der Waals surface area (Å²) in [7, 11) is 0. The summed E-state index contributed by atoms with van der Waals surface area (Å²) in [6, 6.07) is 5.77. The van der Waals surface area contributed by atoms with Gasteiger partial charge in [-0.25, -0.2) is 0 Å². The van der Waals surface area contributed by atoms with Crippen LogP contribution in [0.5, 0.6) is 0 Å². The molecule has 130 valence electrons. The summed E-state index contributed by atoms with van der Waals surface area (Å²) < 4.78 is 0. The maximum Gasteiger partial charge on any atom is 0.256 e. The van der Waals surface area contributed by atoms with Crippen molar-refractivity contribution in [3.63, 3.8) is 0 Å². The highest BCUT2D eigenvalue weighted by Gasteiger charge is 2.25. The van der Waals surface area contributed by atoms with Gasteiger partial charge in [-0.15, -0.1) is 0 Å². The number of carbonyl (C=O) groups excluding carboxylic acids is 2. The zero-order valence-electron chi connectivity index (χ0n) is 14.5. The van der Waals surface area contributed by atoms with Gasteiger partial charge in [0, 0.05) is 44.0 Å². The lowest BCUT2D eigenvalue weighted by Crippen LogP contribution is -2.34. The first-order valence-corrected chi connectivity index (χ1v) is 9.17. The molecule has 24 heavy (non-hydrogen) atoms. The third kappa shape index (κ3) is 3.71. The quantitative estimate of drug-likeness (QED) is 0.922. The van der Waals surface area contributed by atoms with Crippen LogP contribution in [-0.2, 0) is 4.79 Å². The standard InChI is InChI=1S/C19H27N3O2/c1-2-18(23)20-15-8-9-17(21-10-4-3-5-11-21)16(14-15)19(24)22-12-6-7-13-22/h8-9,14H,2-7,10-13H2,1H3,(H,20,23). The molecule has 5 heteroatoms. The number of benzene rings is 1. The van der Waals surface area contributed by atoms with E-state index in [-0.39, 0.29) is 11.8 Å². The molecule has 2 aliphatic rings. The molecule has 2 fully saturated rings. The molecule has 0 bridgehead atoms. The highest BCUT2D eigenvalue weighted by Crippen LogP contribution is 2.29. The van der Waals surface area contributed by atoms with E-state index in [1.807, 2.05) is 30.0 Å². The molecule has 2 amide bonds. The van der Waals surface area contributed by atoms with Gasteiger partial charge in [-0.1, -0.05) is 6.92 Å². The fourth-order valence-electron chi connectivity index (χ4n) is 3.54. The van der Waals surface area contributed by atoms with Crippen LogP contribution < -0.4 is 10.2 Å². The van der Waals surface area contributed by atoms with Crippen LogP contribution in [0.1, 0.15) is 55.8 Å². The molecular formula is C19H27N3O2. The monoisotopic (exact) mass is 329 g/mol. The van der Waals surface area contributed by atoms with Gasteiger partial charge in [-0.3, -0.25) is 9.59 Å². The molecule has 0 spiro atoms. The van der Waals surface area contributed by atoms with E-state index >= 15 is 0 Å². The Labute approximate surface area is 144 Å². The molecule has 0 unspecified atom stereocenters. The fourth-order valence-corrected chi connectivity index (χ4v) is 3.54. The molecule has 3 rings (SSSR count). The predicted octanol–water partition coefficient (Wildman–Crippen LogP) is 3.26. The zero-order valence-corrected chi connectivity index (χ0v) is 14.5. The summed E-state index contributed by atoms with van der Waals surface area (Å²) >= 11 is 0. The van der Waals surface area contributed by atoms with E-state index in [9.17, 15) is 9.59 Å². The molecule has 0 atom stereocenters. The first-order chi connectivity index (χ1) is 11.7. The molecule has 5 nitrogen and oxygen atoms in total. The molecule has 2 heterocycles. The van der Waals surface area contributed by atoms with Crippen LogP contribution in [0.3, 0.4) is 0 Å². The summed E-state index contributed by atoms with van der Waals surface area (Å²) in [5, 5.41) is 2.88. The van der Waals surface area contributed by atoms with Crippen molar-refractivity contribution in [3.8, 4) is 0 Å². The summed E-state index contributed by atoms with van der Waals surface area (Å²) in [6.07, 6.45) is 6.20. The van der Waals surface area contributed by atoms with E-state index in [1.165, 1.54) is 19.3 Å². The van der Waals surface area contributed by atoms with Gasteiger partial charge in [-0.05, 0) is 50.3 Å². The summed E-state index contributed by atoms with van der Waals surface area (Å²) in [6.45, 7) is 5.50. The Morgan fingerprint density at radius 1 is 1.00 bits per heavy atom. The van der Waals surface area contributed by atoms with Gasteiger partial charge in [0.05, 0.1) is 5.56 Å². The van der Waals surface area contributed by atoms with Gasteiger partial charge in [0.25, 0.3) is 5.91 Å². The third-order valence-electron chi connectivity index (χ3n) is 4.92. The molecular weight excluding hydrogens is 302 g/mol. The number of nitrogens with zero attached hydrogens (tertiary/aromatic N) is 2. The lowest BCUT2D eigenvalue weighted by atomic mass is 10.1. The molecule has 0 aromatic heterocycles. The number of likely N-dealkylation sites (tertiary alicyclic amines) is 1. The average molecular weight is 329 g/mol. The highest BCUT2D eigenvalue weighted by molar-refractivity contribution is 6.02. The second-order valence-corrected chi connectivity index (χ2v) is 6.68. The van der Waals surface area contributed by atoms with Crippen LogP contribution in [0.25, 0.3) is 0 Å². The van der Waals surface area contributed by atoms with Crippen LogP contribution in [0.2, 0.25) is 0 Å². The summed E-state index contributed by atoms with van der Waals surface area (Å²) in [5.41, 5.74) is 2.46. The molecule has 2 saturated heterocycles. The Balaban J connectivity index is 1.91. The van der Waals surface area contributed by atoms with Gasteiger partial charge in [-0.2, -0.15) is 0 Å². The van der Waals surface area contributed by atoms with Crippen LogP contribution >= 0.6 is 0 Å². The minimum Gasteiger partial charge on any atom is -0.371 e. The maximum absolute atomic E-state index is 13.0. The van der Waals surface area contributed by atoms with Crippen molar-refractivity contribution in [2.75, 3.05) is 36.4 Å². The smallest absolute Gasteiger partial charge is 0.256 e. The molecule has 2 aliphatic heterocycles. The number of anilines is 2. The van der Waals surface area contributed by atoms with Gasteiger partial charge in [0.15, 0.2) is 0 Å². The maximum atomic E-state index is 13.0. The third-order valence-corrected chi connectivity index (χ3v) is 4.92. The number of rotatable bonds is 4. The minimum atomic E-state index is -0.0275. The number of piperidine rings is 1. The Hall–Kier alpha value is -2.04. The highest BCUT2D eigenvalue weighted by atomic mass is 16.2. The summed E-state index contributed by atoms with van der Waals surface area (Å²) in [5.74, 6) is 0.0703. The van der Waals surface area contributed by atoms with Gasteiger partial charge >= 0.3 is 0 Å². The molecule has 0 aliphatic carbocycles. The number of hydrogen-bond donors (Lipinski definition) is 1. The van der Waals surface area contributed by atoms with Crippen molar-refractivity contribution in [2.45, 2.75) is 45.4 Å². The van der Waals surface area contributed by atoms with Crippen molar-refractivity contribution >= 4 is 23.2 Å². The molecule has 1 aromatic carbocycles.